The highest BCUT2D eigenvalue weighted by atomic mass is 16.5. The summed E-state index contributed by atoms with van der Waals surface area (Å²) in [5, 5.41) is 9.18. The number of benzene rings is 1. The van der Waals surface area contributed by atoms with Crippen LogP contribution in [0.1, 0.15) is 146 Å². The fourth-order valence-corrected chi connectivity index (χ4v) is 8.97. The Labute approximate surface area is 292 Å². The van der Waals surface area contributed by atoms with Gasteiger partial charge >= 0.3 is 11.9 Å². The quantitative estimate of drug-likeness (QED) is 0.0962. The van der Waals surface area contributed by atoms with Gasteiger partial charge in [0.25, 0.3) is 0 Å². The SMILES string of the molecule is C=C(C)C(=O)OCC(COC(=O)C(=C)CO)CC1CCC(C2CCC(CCC3CCC(c4ccc(CCCCC)cc4)CC3)CC2)CC1. The van der Waals surface area contributed by atoms with Crippen LogP contribution in [0.25, 0.3) is 0 Å². The molecule has 1 N–H and O–H groups in total. The summed E-state index contributed by atoms with van der Waals surface area (Å²) in [6, 6.07) is 9.64. The molecule has 0 radical (unpaired) electrons. The molecule has 1 unspecified atom stereocenters. The summed E-state index contributed by atoms with van der Waals surface area (Å²) < 4.78 is 10.9. The average molecular weight is 663 g/mol. The molecule has 0 aromatic heterocycles. The first-order valence-electron chi connectivity index (χ1n) is 19.6. The number of carbonyl (C=O) groups is 2. The molecule has 5 heteroatoms. The van der Waals surface area contributed by atoms with Crippen molar-refractivity contribution < 1.29 is 24.2 Å². The third-order valence-corrected chi connectivity index (χ3v) is 12.2. The lowest BCUT2D eigenvalue weighted by atomic mass is 9.67. The van der Waals surface area contributed by atoms with E-state index in [1.807, 2.05) is 0 Å². The number of unbranched alkanes of at least 4 members (excludes halogenated alkanes) is 2. The fraction of sp³-hybridized carbons (Fsp3) is 0.721. The summed E-state index contributed by atoms with van der Waals surface area (Å²) in [5.41, 5.74) is 3.50. The van der Waals surface area contributed by atoms with Gasteiger partial charge in [0, 0.05) is 11.5 Å². The molecule has 48 heavy (non-hydrogen) atoms. The van der Waals surface area contributed by atoms with E-state index < -0.39 is 18.5 Å². The first kappa shape index (κ1) is 38.4. The molecule has 0 spiro atoms. The molecule has 1 aromatic carbocycles. The Morgan fingerprint density at radius 2 is 1.27 bits per heavy atom. The summed E-state index contributed by atoms with van der Waals surface area (Å²) >= 11 is 0. The molecule has 0 saturated heterocycles. The number of aliphatic hydroxyl groups is 1. The second-order valence-electron chi connectivity index (χ2n) is 15.9. The summed E-state index contributed by atoms with van der Waals surface area (Å²) in [6.45, 7) is 11.1. The smallest absolute Gasteiger partial charge is 0.335 e. The van der Waals surface area contributed by atoms with Crippen LogP contribution in [0.5, 0.6) is 0 Å². The van der Waals surface area contributed by atoms with Crippen LogP contribution in [0.3, 0.4) is 0 Å². The number of rotatable bonds is 18. The maximum atomic E-state index is 12.1. The lowest BCUT2D eigenvalue weighted by Crippen LogP contribution is -2.29. The van der Waals surface area contributed by atoms with Crippen LogP contribution < -0.4 is 0 Å². The Bertz CT molecular complexity index is 1130. The highest BCUT2D eigenvalue weighted by Crippen LogP contribution is 2.44. The topological polar surface area (TPSA) is 72.8 Å². The number of ether oxygens (including phenoxy) is 2. The van der Waals surface area contributed by atoms with Crippen LogP contribution in [0.4, 0.5) is 0 Å². The number of esters is 2. The van der Waals surface area contributed by atoms with Gasteiger partial charge in [0.1, 0.15) is 0 Å². The van der Waals surface area contributed by atoms with Crippen LogP contribution in [0.15, 0.2) is 48.6 Å². The first-order chi connectivity index (χ1) is 23.2. The van der Waals surface area contributed by atoms with Gasteiger partial charge < -0.3 is 14.6 Å². The molecule has 4 rings (SSSR count). The van der Waals surface area contributed by atoms with Crippen LogP contribution in [0, 0.1) is 35.5 Å². The van der Waals surface area contributed by atoms with Crippen molar-refractivity contribution >= 4 is 11.9 Å². The van der Waals surface area contributed by atoms with Gasteiger partial charge in [-0.15, -0.1) is 0 Å². The van der Waals surface area contributed by atoms with E-state index in [4.69, 9.17) is 9.47 Å². The standard InChI is InChI=1S/C43H66O5/c1-5-6-7-8-33-11-19-38(20-12-33)39-21-13-34(14-22-39)9-10-35-15-23-40(24-16-35)41-25-17-36(18-26-41)27-37(29-47-42(45)31(2)3)30-48-43(46)32(4)28-44/h11-12,19-20,34-37,39-41,44H,2,4-10,13-18,21-30H2,1,3H3. The predicted octanol–water partition coefficient (Wildman–Crippen LogP) is 10.3. The van der Waals surface area contributed by atoms with Crippen molar-refractivity contribution in [3.05, 3.63) is 59.7 Å². The zero-order chi connectivity index (χ0) is 34.3. The van der Waals surface area contributed by atoms with Crippen molar-refractivity contribution in [3.8, 4) is 0 Å². The molecule has 3 aliphatic rings. The van der Waals surface area contributed by atoms with Gasteiger partial charge in [-0.2, -0.15) is 0 Å². The summed E-state index contributed by atoms with van der Waals surface area (Å²) in [4.78, 5) is 24.1. The van der Waals surface area contributed by atoms with Crippen LogP contribution in [-0.4, -0.2) is 36.9 Å². The zero-order valence-electron chi connectivity index (χ0n) is 30.4. The van der Waals surface area contributed by atoms with Gasteiger partial charge in [-0.05, 0) is 124 Å². The molecule has 1 aromatic rings. The predicted molar refractivity (Wildman–Crippen MR) is 196 cm³/mol. The highest BCUT2D eigenvalue weighted by molar-refractivity contribution is 5.88. The third-order valence-electron chi connectivity index (χ3n) is 12.2. The third kappa shape index (κ3) is 12.5. The van der Waals surface area contributed by atoms with E-state index in [-0.39, 0.29) is 24.7 Å². The number of aryl methyl sites for hydroxylation is 1. The van der Waals surface area contributed by atoms with E-state index in [0.29, 0.717) is 11.5 Å². The van der Waals surface area contributed by atoms with Gasteiger partial charge in [0.15, 0.2) is 0 Å². The highest BCUT2D eigenvalue weighted by Gasteiger charge is 2.32. The van der Waals surface area contributed by atoms with E-state index in [1.54, 1.807) is 12.5 Å². The first-order valence-corrected chi connectivity index (χ1v) is 19.6. The Balaban J connectivity index is 1.11. The van der Waals surface area contributed by atoms with Gasteiger partial charge in [-0.1, -0.05) is 95.7 Å². The van der Waals surface area contributed by atoms with Crippen LogP contribution in [0.2, 0.25) is 0 Å². The number of hydrogen-bond donors (Lipinski definition) is 1. The van der Waals surface area contributed by atoms with Crippen molar-refractivity contribution in [2.45, 2.75) is 142 Å². The van der Waals surface area contributed by atoms with Gasteiger partial charge in [-0.3, -0.25) is 0 Å². The Kier molecular flexibility index (Phi) is 16.3. The second kappa shape index (κ2) is 20.3. The van der Waals surface area contributed by atoms with Crippen LogP contribution in [-0.2, 0) is 25.5 Å². The van der Waals surface area contributed by atoms with Crippen molar-refractivity contribution in [3.63, 3.8) is 0 Å². The molecule has 3 fully saturated rings. The molecule has 0 amide bonds. The second-order valence-corrected chi connectivity index (χ2v) is 15.9. The molecule has 0 bridgehead atoms. The van der Waals surface area contributed by atoms with E-state index >= 15 is 0 Å². The molecule has 0 aliphatic heterocycles. The largest absolute Gasteiger partial charge is 0.462 e. The van der Waals surface area contributed by atoms with Gasteiger partial charge in [-0.25, -0.2) is 9.59 Å². The van der Waals surface area contributed by atoms with Crippen molar-refractivity contribution in [2.75, 3.05) is 19.8 Å². The minimum absolute atomic E-state index is 0.0418. The van der Waals surface area contributed by atoms with E-state index in [0.717, 1.165) is 36.0 Å². The summed E-state index contributed by atoms with van der Waals surface area (Å²) in [7, 11) is 0. The maximum Gasteiger partial charge on any atom is 0.335 e. The van der Waals surface area contributed by atoms with E-state index in [2.05, 4.69) is 44.3 Å². The van der Waals surface area contributed by atoms with Gasteiger partial charge in [0.2, 0.25) is 0 Å². The van der Waals surface area contributed by atoms with Crippen LogP contribution >= 0.6 is 0 Å². The minimum Gasteiger partial charge on any atom is -0.462 e. The Morgan fingerprint density at radius 1 is 0.750 bits per heavy atom. The number of aliphatic hydroxyl groups excluding tert-OH is 1. The molecule has 0 heterocycles. The fourth-order valence-electron chi connectivity index (χ4n) is 8.97. The summed E-state index contributed by atoms with van der Waals surface area (Å²) in [5.74, 6) is 3.86. The van der Waals surface area contributed by atoms with Crippen molar-refractivity contribution in [1.82, 2.24) is 0 Å². The summed E-state index contributed by atoms with van der Waals surface area (Å²) in [6.07, 6.45) is 25.1. The maximum absolute atomic E-state index is 12.1. The Morgan fingerprint density at radius 3 is 1.79 bits per heavy atom. The average Bonchev–Trinajstić information content (AvgIpc) is 3.12. The molecule has 3 saturated carbocycles. The number of carbonyl (C=O) groups excluding carboxylic acids is 2. The monoisotopic (exact) mass is 662 g/mol. The molecular formula is C43H66O5. The molecule has 1 atom stereocenters. The molecule has 3 aliphatic carbocycles. The molecule has 5 nitrogen and oxygen atoms in total. The molecular weight excluding hydrogens is 596 g/mol. The zero-order valence-corrected chi connectivity index (χ0v) is 30.4. The number of hydrogen-bond acceptors (Lipinski definition) is 5. The van der Waals surface area contributed by atoms with Gasteiger partial charge in [0.05, 0.1) is 25.4 Å². The lowest BCUT2D eigenvalue weighted by molar-refractivity contribution is -0.144. The molecule has 268 valence electrons. The lowest BCUT2D eigenvalue weighted by Gasteiger charge is -2.39. The van der Waals surface area contributed by atoms with E-state index in [1.165, 1.54) is 121 Å². The normalized spacial score (nSPS) is 26.7. The Hall–Kier alpha value is -2.40. The minimum atomic E-state index is -0.588. The van der Waals surface area contributed by atoms with Crippen molar-refractivity contribution in [2.24, 2.45) is 35.5 Å². The van der Waals surface area contributed by atoms with Crippen molar-refractivity contribution in [1.29, 1.82) is 0 Å². The van der Waals surface area contributed by atoms with E-state index in [9.17, 15) is 14.7 Å².